The van der Waals surface area contributed by atoms with Crippen LogP contribution in [-0.4, -0.2) is 3.92 Å². The third-order valence-electron chi connectivity index (χ3n) is 2.65. The van der Waals surface area contributed by atoms with Crippen molar-refractivity contribution in [2.45, 2.75) is 49.9 Å². The van der Waals surface area contributed by atoms with Crippen LogP contribution in [0.4, 0.5) is 0 Å². The minimum atomic E-state index is 0.937. The van der Waals surface area contributed by atoms with E-state index in [1.807, 2.05) is 0 Å². The van der Waals surface area contributed by atoms with Gasteiger partial charge in [-0.25, -0.2) is 0 Å². The van der Waals surface area contributed by atoms with Gasteiger partial charge in [0.2, 0.25) is 0 Å². The Morgan fingerprint density at radius 1 is 1.33 bits per heavy atom. The summed E-state index contributed by atoms with van der Waals surface area (Å²) in [4.78, 5) is 0. The van der Waals surface area contributed by atoms with Crippen LogP contribution in [0, 0.1) is 5.92 Å². The van der Waals surface area contributed by atoms with Gasteiger partial charge in [0.15, 0.2) is 0 Å². The molecule has 0 N–H and O–H groups in total. The highest BCUT2D eigenvalue weighted by atomic mass is 127. The van der Waals surface area contributed by atoms with E-state index in [1.54, 1.807) is 0 Å². The van der Waals surface area contributed by atoms with Gasteiger partial charge in [0.05, 0.1) is 0 Å². The molecule has 1 aliphatic carbocycles. The first-order valence-corrected chi connectivity index (χ1v) is 6.22. The molecule has 0 bridgehead atoms. The average molecular weight is 278 g/mol. The highest BCUT2D eigenvalue weighted by Crippen LogP contribution is 2.32. The van der Waals surface area contributed by atoms with Crippen LogP contribution in [-0.2, 0) is 0 Å². The first-order valence-electron chi connectivity index (χ1n) is 4.97. The summed E-state index contributed by atoms with van der Waals surface area (Å²) in [6, 6.07) is 0. The summed E-state index contributed by atoms with van der Waals surface area (Å²) in [5.41, 5.74) is 1.48. The Morgan fingerprint density at radius 2 is 2.00 bits per heavy atom. The van der Waals surface area contributed by atoms with Crippen molar-refractivity contribution in [3.05, 3.63) is 11.6 Å². The van der Waals surface area contributed by atoms with Gasteiger partial charge < -0.3 is 0 Å². The first-order chi connectivity index (χ1) is 5.70. The van der Waals surface area contributed by atoms with Crippen LogP contribution < -0.4 is 0 Å². The van der Waals surface area contributed by atoms with Crippen molar-refractivity contribution < 1.29 is 0 Å². The summed E-state index contributed by atoms with van der Waals surface area (Å²) in [6.07, 6.45) is 9.54. The summed E-state index contributed by atoms with van der Waals surface area (Å²) in [7, 11) is 0. The van der Waals surface area contributed by atoms with Crippen molar-refractivity contribution in [3.8, 4) is 0 Å². The normalized spacial score (nSPS) is 29.9. The number of hydrogen-bond acceptors (Lipinski definition) is 0. The van der Waals surface area contributed by atoms with Crippen molar-refractivity contribution in [2.24, 2.45) is 5.92 Å². The van der Waals surface area contributed by atoms with Gasteiger partial charge in [-0.15, -0.1) is 0 Å². The summed E-state index contributed by atoms with van der Waals surface area (Å²) < 4.78 is 0.937. The van der Waals surface area contributed by atoms with Crippen molar-refractivity contribution in [1.29, 1.82) is 0 Å². The van der Waals surface area contributed by atoms with Crippen LogP contribution in [0.1, 0.15) is 46.0 Å². The molecule has 1 rings (SSSR count). The van der Waals surface area contributed by atoms with E-state index in [0.29, 0.717) is 0 Å². The molecule has 2 atom stereocenters. The van der Waals surface area contributed by atoms with Crippen LogP contribution >= 0.6 is 22.6 Å². The number of rotatable bonds is 2. The third kappa shape index (κ3) is 3.46. The number of allylic oxidation sites excluding steroid dienone is 2. The second-order valence-electron chi connectivity index (χ2n) is 4.08. The van der Waals surface area contributed by atoms with Gasteiger partial charge in [0.1, 0.15) is 0 Å². The molecular weight excluding hydrogens is 259 g/mol. The summed E-state index contributed by atoms with van der Waals surface area (Å²) >= 11 is 2.64. The van der Waals surface area contributed by atoms with Crippen LogP contribution in [0.3, 0.4) is 0 Å². The third-order valence-corrected chi connectivity index (χ3v) is 4.29. The smallest absolute Gasteiger partial charge is 0.0141 e. The number of halogens is 1. The molecule has 0 aromatic heterocycles. The molecule has 0 nitrogen and oxygen atoms in total. The first kappa shape index (κ1) is 10.6. The zero-order valence-corrected chi connectivity index (χ0v) is 10.3. The fourth-order valence-electron chi connectivity index (χ4n) is 1.82. The van der Waals surface area contributed by atoms with Crippen molar-refractivity contribution in [2.75, 3.05) is 0 Å². The van der Waals surface area contributed by atoms with E-state index in [1.165, 1.54) is 37.7 Å². The fraction of sp³-hybridized carbons (Fsp3) is 0.818. The number of hydrogen-bond donors (Lipinski definition) is 0. The van der Waals surface area contributed by atoms with Crippen LogP contribution in [0.5, 0.6) is 0 Å². The lowest BCUT2D eigenvalue weighted by atomic mass is 9.86. The van der Waals surface area contributed by atoms with E-state index >= 15 is 0 Å². The lowest BCUT2D eigenvalue weighted by Gasteiger charge is -2.26. The minimum Gasteiger partial charge on any atom is -0.0856 e. The molecule has 1 heteroatoms. The second kappa shape index (κ2) is 5.25. The van der Waals surface area contributed by atoms with Crippen molar-refractivity contribution in [1.82, 2.24) is 0 Å². The molecule has 1 fully saturated rings. The van der Waals surface area contributed by atoms with E-state index in [-0.39, 0.29) is 0 Å². The van der Waals surface area contributed by atoms with Crippen LogP contribution in [0.25, 0.3) is 0 Å². The molecule has 0 amide bonds. The Hall–Kier alpha value is 0.470. The largest absolute Gasteiger partial charge is 0.0856 e. The van der Waals surface area contributed by atoms with E-state index in [0.717, 1.165) is 9.84 Å². The van der Waals surface area contributed by atoms with Gasteiger partial charge in [-0.05, 0) is 39.0 Å². The van der Waals surface area contributed by atoms with Crippen molar-refractivity contribution in [3.63, 3.8) is 0 Å². The number of alkyl halides is 1. The zero-order valence-electron chi connectivity index (χ0n) is 8.15. The lowest BCUT2D eigenvalue weighted by Crippen LogP contribution is -2.18. The molecule has 0 radical (unpaired) electrons. The highest BCUT2D eigenvalue weighted by molar-refractivity contribution is 14.1. The minimum absolute atomic E-state index is 0.937. The quantitative estimate of drug-likeness (QED) is 0.400. The average Bonchev–Trinajstić information content (AvgIpc) is 2.03. The predicted molar refractivity (Wildman–Crippen MR) is 63.8 cm³/mol. The van der Waals surface area contributed by atoms with Gasteiger partial charge in [-0.3, -0.25) is 0 Å². The molecule has 0 heterocycles. The maximum Gasteiger partial charge on any atom is 0.0141 e. The lowest BCUT2D eigenvalue weighted by molar-refractivity contribution is 0.384. The molecular formula is C11H19I. The Balaban J connectivity index is 2.34. The molecule has 12 heavy (non-hydrogen) atoms. The second-order valence-corrected chi connectivity index (χ2v) is 5.68. The van der Waals surface area contributed by atoms with E-state index in [2.05, 4.69) is 42.5 Å². The Morgan fingerprint density at radius 3 is 2.58 bits per heavy atom. The van der Waals surface area contributed by atoms with Gasteiger partial charge in [0, 0.05) is 3.92 Å². The Bertz CT molecular complexity index is 156. The Kier molecular flexibility index (Phi) is 4.62. The van der Waals surface area contributed by atoms with Gasteiger partial charge in [-0.1, -0.05) is 47.1 Å². The molecule has 0 aromatic carbocycles. The summed E-state index contributed by atoms with van der Waals surface area (Å²) in [5.74, 6) is 0.967. The van der Waals surface area contributed by atoms with Crippen LogP contribution in [0.15, 0.2) is 11.6 Å². The molecule has 70 valence electrons. The predicted octanol–water partition coefficient (Wildman–Crippen LogP) is 4.34. The molecule has 0 saturated heterocycles. The van der Waals surface area contributed by atoms with Crippen LogP contribution in [0.2, 0.25) is 0 Å². The molecule has 0 unspecified atom stereocenters. The molecule has 0 aromatic rings. The van der Waals surface area contributed by atoms with Crippen molar-refractivity contribution >= 4 is 22.6 Å². The highest BCUT2D eigenvalue weighted by Gasteiger charge is 2.20. The topological polar surface area (TPSA) is 0 Å². The standard InChI is InChI=1S/C11H19I/c1-9(2)7-8-10-5-3-4-6-11(10)12/h7,10-11H,3-6,8H2,1-2H3/t10-,11-/m1/s1. The van der Waals surface area contributed by atoms with Gasteiger partial charge in [0.25, 0.3) is 0 Å². The molecule has 1 saturated carbocycles. The fourth-order valence-corrected chi connectivity index (χ4v) is 2.91. The maximum atomic E-state index is 2.64. The monoisotopic (exact) mass is 278 g/mol. The molecule has 1 aliphatic rings. The van der Waals surface area contributed by atoms with E-state index in [4.69, 9.17) is 0 Å². The SMILES string of the molecule is CC(C)=CC[C@H]1CCCC[C@H]1I. The van der Waals surface area contributed by atoms with Gasteiger partial charge >= 0.3 is 0 Å². The Labute approximate surface area is 90.0 Å². The zero-order chi connectivity index (χ0) is 8.97. The maximum absolute atomic E-state index is 2.64. The van der Waals surface area contributed by atoms with Gasteiger partial charge in [-0.2, -0.15) is 0 Å². The molecule has 0 aliphatic heterocycles. The summed E-state index contributed by atoms with van der Waals surface area (Å²) in [5, 5.41) is 0. The molecule has 0 spiro atoms. The van der Waals surface area contributed by atoms with E-state index in [9.17, 15) is 0 Å². The summed E-state index contributed by atoms with van der Waals surface area (Å²) in [6.45, 7) is 4.40. The van der Waals surface area contributed by atoms with E-state index < -0.39 is 0 Å².